The van der Waals surface area contributed by atoms with Gasteiger partial charge >= 0.3 is 0 Å². The maximum absolute atomic E-state index is 9.52. The molecule has 0 bridgehead atoms. The van der Waals surface area contributed by atoms with Crippen LogP contribution in [0.25, 0.3) is 20.9 Å². The number of rotatable bonds is 2. The van der Waals surface area contributed by atoms with Crippen LogP contribution >= 0.6 is 34.5 Å². The molecule has 0 aliphatic carbocycles. The number of phenols is 2. The van der Waals surface area contributed by atoms with Crippen molar-refractivity contribution in [1.29, 1.82) is 5.26 Å². The van der Waals surface area contributed by atoms with E-state index in [-0.39, 0.29) is 21.5 Å². The molecule has 3 aromatic rings. The highest BCUT2D eigenvalue weighted by atomic mass is 35.5. The molecule has 2 aromatic carbocycles. The fraction of sp³-hybridized carbons (Fsp3) is 0. The molecule has 0 atom stereocenters. The summed E-state index contributed by atoms with van der Waals surface area (Å²) in [6.07, 6.45) is 0. The van der Waals surface area contributed by atoms with Crippen molar-refractivity contribution in [3.05, 3.63) is 58.1 Å². The first-order chi connectivity index (χ1) is 11.0. The molecule has 0 aliphatic heterocycles. The van der Waals surface area contributed by atoms with Gasteiger partial charge in [-0.2, -0.15) is 5.26 Å². The van der Waals surface area contributed by atoms with Gasteiger partial charge in [0.15, 0.2) is 0 Å². The van der Waals surface area contributed by atoms with Crippen molar-refractivity contribution in [1.82, 2.24) is 0 Å². The fourth-order valence-corrected chi connectivity index (χ4v) is 3.60. The molecule has 23 heavy (non-hydrogen) atoms. The van der Waals surface area contributed by atoms with Crippen LogP contribution in [0.2, 0.25) is 10.0 Å². The summed E-state index contributed by atoms with van der Waals surface area (Å²) in [6.45, 7) is 0. The van der Waals surface area contributed by atoms with E-state index in [1.54, 1.807) is 30.3 Å². The lowest BCUT2D eigenvalue weighted by Gasteiger charge is -2.02. The minimum Gasteiger partial charge on any atom is -0.506 e. The number of nitrogens with zero attached hydrogens (tertiary/aromatic N) is 1. The Hall–Kier alpha value is -2.19. The van der Waals surface area contributed by atoms with E-state index in [0.29, 0.717) is 5.56 Å². The highest BCUT2D eigenvalue weighted by molar-refractivity contribution is 7.19. The third-order valence-electron chi connectivity index (χ3n) is 3.29. The van der Waals surface area contributed by atoms with E-state index in [1.165, 1.54) is 23.5 Å². The maximum Gasteiger partial charge on any atom is 0.134 e. The van der Waals surface area contributed by atoms with Gasteiger partial charge in [-0.25, -0.2) is 0 Å². The van der Waals surface area contributed by atoms with Gasteiger partial charge in [0, 0.05) is 4.88 Å². The average Bonchev–Trinajstić information content (AvgIpc) is 2.97. The zero-order chi connectivity index (χ0) is 16.6. The van der Waals surface area contributed by atoms with Gasteiger partial charge in [-0.3, -0.25) is 0 Å². The normalized spacial score (nSPS) is 10.5. The van der Waals surface area contributed by atoms with Gasteiger partial charge in [-0.05, 0) is 53.6 Å². The van der Waals surface area contributed by atoms with E-state index in [2.05, 4.69) is 6.07 Å². The number of hydrogen-bond donors (Lipinski definition) is 2. The zero-order valence-corrected chi connectivity index (χ0v) is 13.9. The molecule has 0 aliphatic rings. The largest absolute Gasteiger partial charge is 0.506 e. The number of hydrogen-bond acceptors (Lipinski definition) is 4. The topological polar surface area (TPSA) is 64.2 Å². The molecule has 0 spiro atoms. The molecule has 0 fully saturated rings. The lowest BCUT2D eigenvalue weighted by atomic mass is 10.1. The highest BCUT2D eigenvalue weighted by Crippen LogP contribution is 2.41. The number of aromatic hydroxyl groups is 2. The standard InChI is InChI=1S/C17H9Cl2NO2S/c18-12-5-9(1-3-14(12)21)16-7-11(8-20)17(23-16)10-2-4-15(22)13(19)6-10/h1-7,21-22H. The first kappa shape index (κ1) is 15.7. The molecule has 1 aromatic heterocycles. The summed E-state index contributed by atoms with van der Waals surface area (Å²) < 4.78 is 0. The predicted molar refractivity (Wildman–Crippen MR) is 93.3 cm³/mol. The van der Waals surface area contributed by atoms with E-state index < -0.39 is 0 Å². The molecule has 3 rings (SSSR count). The molecule has 1 heterocycles. The predicted octanol–water partition coefficient (Wildman–Crippen LogP) is 5.67. The van der Waals surface area contributed by atoms with Crippen LogP contribution in [0.4, 0.5) is 0 Å². The number of halogens is 2. The van der Waals surface area contributed by atoms with Crippen LogP contribution in [0, 0.1) is 11.3 Å². The highest BCUT2D eigenvalue weighted by Gasteiger charge is 2.14. The second-order valence-electron chi connectivity index (χ2n) is 4.80. The molecule has 0 amide bonds. The smallest absolute Gasteiger partial charge is 0.134 e. The third kappa shape index (κ3) is 2.99. The van der Waals surface area contributed by atoms with Gasteiger partial charge in [-0.1, -0.05) is 23.2 Å². The van der Waals surface area contributed by atoms with Crippen molar-refractivity contribution in [3.63, 3.8) is 0 Å². The molecule has 114 valence electrons. The minimum atomic E-state index is -0.00368. The molecular weight excluding hydrogens is 353 g/mol. The summed E-state index contributed by atoms with van der Waals surface area (Å²) >= 11 is 13.3. The molecule has 0 saturated carbocycles. The van der Waals surface area contributed by atoms with Crippen LogP contribution in [-0.2, 0) is 0 Å². The van der Waals surface area contributed by atoms with Crippen molar-refractivity contribution in [2.45, 2.75) is 0 Å². The summed E-state index contributed by atoms with van der Waals surface area (Å²) in [5.41, 5.74) is 2.08. The van der Waals surface area contributed by atoms with E-state index in [9.17, 15) is 15.5 Å². The van der Waals surface area contributed by atoms with Gasteiger partial charge in [0.25, 0.3) is 0 Å². The van der Waals surface area contributed by atoms with Crippen molar-refractivity contribution in [2.24, 2.45) is 0 Å². The van der Waals surface area contributed by atoms with Gasteiger partial charge in [0.2, 0.25) is 0 Å². The Morgan fingerprint density at radius 1 is 0.870 bits per heavy atom. The Balaban J connectivity index is 2.12. The first-order valence-corrected chi connectivity index (χ1v) is 8.08. The maximum atomic E-state index is 9.52. The van der Waals surface area contributed by atoms with E-state index in [0.717, 1.165) is 20.9 Å². The van der Waals surface area contributed by atoms with Crippen LogP contribution in [-0.4, -0.2) is 10.2 Å². The van der Waals surface area contributed by atoms with E-state index >= 15 is 0 Å². The van der Waals surface area contributed by atoms with Crippen molar-refractivity contribution >= 4 is 34.5 Å². The Morgan fingerprint density at radius 2 is 1.43 bits per heavy atom. The van der Waals surface area contributed by atoms with Crippen LogP contribution in [0.15, 0.2) is 42.5 Å². The monoisotopic (exact) mass is 361 g/mol. The fourth-order valence-electron chi connectivity index (χ4n) is 2.14. The Morgan fingerprint density at radius 3 is 2.00 bits per heavy atom. The second-order valence-corrected chi connectivity index (χ2v) is 6.66. The summed E-state index contributed by atoms with van der Waals surface area (Å²) in [7, 11) is 0. The van der Waals surface area contributed by atoms with Gasteiger partial charge < -0.3 is 10.2 Å². The zero-order valence-electron chi connectivity index (χ0n) is 11.5. The van der Waals surface area contributed by atoms with Crippen molar-refractivity contribution in [3.8, 4) is 38.4 Å². The number of benzene rings is 2. The number of nitriles is 1. The van der Waals surface area contributed by atoms with E-state index in [1.807, 2.05) is 0 Å². The molecular formula is C17H9Cl2NO2S. The molecule has 0 radical (unpaired) electrons. The molecule has 0 unspecified atom stereocenters. The van der Waals surface area contributed by atoms with Crippen LogP contribution in [0.5, 0.6) is 11.5 Å². The number of thiophene rings is 1. The van der Waals surface area contributed by atoms with Gasteiger partial charge in [0.1, 0.15) is 17.6 Å². The second kappa shape index (κ2) is 6.13. The van der Waals surface area contributed by atoms with Gasteiger partial charge in [-0.15, -0.1) is 11.3 Å². The van der Waals surface area contributed by atoms with Crippen molar-refractivity contribution < 1.29 is 10.2 Å². The molecule has 3 nitrogen and oxygen atoms in total. The Bertz CT molecular complexity index is 944. The third-order valence-corrected chi connectivity index (χ3v) is 5.13. The molecule has 0 saturated heterocycles. The molecule has 2 N–H and O–H groups in total. The lowest BCUT2D eigenvalue weighted by molar-refractivity contribution is 0.475. The average molecular weight is 362 g/mol. The Labute approximate surface area is 146 Å². The summed E-state index contributed by atoms with van der Waals surface area (Å²) in [5.74, 6) is 0.00837. The molecule has 6 heteroatoms. The van der Waals surface area contributed by atoms with Crippen LogP contribution in [0.1, 0.15) is 5.56 Å². The van der Waals surface area contributed by atoms with Crippen molar-refractivity contribution in [2.75, 3.05) is 0 Å². The minimum absolute atomic E-state index is 0.00368. The lowest BCUT2D eigenvalue weighted by Crippen LogP contribution is -1.77. The summed E-state index contributed by atoms with van der Waals surface area (Å²) in [4.78, 5) is 1.61. The number of phenolic OH excluding ortho intramolecular Hbond substituents is 2. The SMILES string of the molecule is N#Cc1cc(-c2ccc(O)c(Cl)c2)sc1-c1ccc(O)c(Cl)c1. The first-order valence-electron chi connectivity index (χ1n) is 6.51. The van der Waals surface area contributed by atoms with Crippen LogP contribution < -0.4 is 0 Å². The van der Waals surface area contributed by atoms with E-state index in [4.69, 9.17) is 23.2 Å². The summed E-state index contributed by atoms with van der Waals surface area (Å²) in [5, 5.41) is 28.9. The summed E-state index contributed by atoms with van der Waals surface area (Å²) in [6, 6.07) is 13.7. The quantitative estimate of drug-likeness (QED) is 0.617. The Kier molecular flexibility index (Phi) is 4.18. The van der Waals surface area contributed by atoms with Crippen LogP contribution in [0.3, 0.4) is 0 Å². The van der Waals surface area contributed by atoms with Gasteiger partial charge in [0.05, 0.1) is 20.5 Å².